The van der Waals surface area contributed by atoms with Crippen LogP contribution in [0.15, 0.2) is 194 Å². The Hall–Kier alpha value is -7.57. The van der Waals surface area contributed by atoms with Gasteiger partial charge in [0.05, 0.1) is 0 Å². The number of pyridine rings is 1. The van der Waals surface area contributed by atoms with Gasteiger partial charge in [-0.1, -0.05) is 115 Å². The molecule has 2 aromatic heterocycles. The molecule has 7 aromatic rings. The topological polar surface area (TPSA) is 76.0 Å². The second-order valence-electron chi connectivity index (χ2n) is 16.0. The summed E-state index contributed by atoms with van der Waals surface area (Å²) in [6.45, 7) is 3.88. The van der Waals surface area contributed by atoms with Crippen molar-refractivity contribution in [3.63, 3.8) is 0 Å². The van der Waals surface area contributed by atoms with E-state index in [4.69, 9.17) is 15.0 Å². The summed E-state index contributed by atoms with van der Waals surface area (Å²) in [5.41, 5.74) is 15.5. The number of dihydropyridines is 2. The number of aromatic nitrogens is 4. The molecule has 2 aliphatic heterocycles. The fourth-order valence-electron chi connectivity index (χ4n) is 8.42. The summed E-state index contributed by atoms with van der Waals surface area (Å²) >= 11 is 0. The molecular weight excluding hydrogens is 745 g/mol. The largest absolute Gasteiger partial charge is 0.387 e. The van der Waals surface area contributed by atoms with Crippen LogP contribution in [0, 0.1) is 0 Å². The van der Waals surface area contributed by atoms with Crippen LogP contribution in [0.2, 0.25) is 0 Å². The van der Waals surface area contributed by atoms with E-state index in [1.807, 2.05) is 24.8 Å². The Kier molecular flexibility index (Phi) is 10.2. The SMILES string of the molecule is CC1(c2nc(-c3cccc(-c4cccc(C5=CCNC=C5)c4)c3)nc(-c3cccc(-c4cccc(C5=CC=NCC5)c4)c3)n2)C=CC=C(c2cccc(-c3ccncc3)c2)C1. The van der Waals surface area contributed by atoms with Gasteiger partial charge in [-0.3, -0.25) is 9.98 Å². The van der Waals surface area contributed by atoms with Crippen molar-refractivity contribution in [1.82, 2.24) is 25.3 Å². The summed E-state index contributed by atoms with van der Waals surface area (Å²) in [4.78, 5) is 24.6. The smallest absolute Gasteiger partial charge is 0.163 e. The first-order valence-electron chi connectivity index (χ1n) is 20.9. The Balaban J connectivity index is 1.05. The molecule has 6 heteroatoms. The van der Waals surface area contributed by atoms with Crippen molar-refractivity contribution in [2.45, 2.75) is 25.2 Å². The molecule has 10 rings (SSSR count). The van der Waals surface area contributed by atoms with E-state index < -0.39 is 5.41 Å². The molecule has 0 fully saturated rings. The van der Waals surface area contributed by atoms with E-state index in [1.165, 1.54) is 33.4 Å². The quantitative estimate of drug-likeness (QED) is 0.158. The van der Waals surface area contributed by atoms with Crippen molar-refractivity contribution in [3.8, 4) is 56.2 Å². The highest BCUT2D eigenvalue weighted by Gasteiger charge is 2.32. The molecule has 6 nitrogen and oxygen atoms in total. The third-order valence-corrected chi connectivity index (χ3v) is 11.8. The van der Waals surface area contributed by atoms with Gasteiger partial charge in [-0.25, -0.2) is 15.0 Å². The number of aliphatic imine (C=N–C) groups is 1. The summed E-state index contributed by atoms with van der Waals surface area (Å²) in [5, 5.41) is 3.26. The molecule has 4 heterocycles. The molecule has 0 spiro atoms. The van der Waals surface area contributed by atoms with Crippen LogP contribution in [-0.4, -0.2) is 39.2 Å². The summed E-state index contributed by atoms with van der Waals surface area (Å²) < 4.78 is 0. The number of allylic oxidation sites excluding steroid dienone is 7. The molecule has 294 valence electrons. The van der Waals surface area contributed by atoms with Gasteiger partial charge in [0.15, 0.2) is 11.6 Å². The zero-order valence-corrected chi connectivity index (χ0v) is 34.0. The minimum Gasteiger partial charge on any atom is -0.387 e. The van der Waals surface area contributed by atoms with Gasteiger partial charge in [-0.2, -0.15) is 0 Å². The van der Waals surface area contributed by atoms with E-state index >= 15 is 0 Å². The lowest BCUT2D eigenvalue weighted by molar-refractivity contribution is 0.562. The van der Waals surface area contributed by atoms with Crippen molar-refractivity contribution in [3.05, 3.63) is 211 Å². The van der Waals surface area contributed by atoms with Gasteiger partial charge in [-0.15, -0.1) is 0 Å². The number of nitrogens with one attached hydrogen (secondary N) is 1. The first-order valence-corrected chi connectivity index (χ1v) is 20.9. The van der Waals surface area contributed by atoms with E-state index in [0.717, 1.165) is 76.3 Å². The van der Waals surface area contributed by atoms with Crippen LogP contribution in [0.3, 0.4) is 0 Å². The second-order valence-corrected chi connectivity index (χ2v) is 16.0. The van der Waals surface area contributed by atoms with Crippen LogP contribution in [0.25, 0.3) is 72.9 Å². The molecule has 0 saturated heterocycles. The molecule has 3 aliphatic rings. The third-order valence-electron chi connectivity index (χ3n) is 11.8. The number of rotatable bonds is 9. The Morgan fingerprint density at radius 2 is 1.08 bits per heavy atom. The van der Waals surface area contributed by atoms with Gasteiger partial charge in [0.2, 0.25) is 0 Å². The van der Waals surface area contributed by atoms with Crippen LogP contribution < -0.4 is 5.32 Å². The van der Waals surface area contributed by atoms with Crippen molar-refractivity contribution < 1.29 is 0 Å². The molecule has 0 radical (unpaired) electrons. The first kappa shape index (κ1) is 37.7. The monoisotopic (exact) mass is 788 g/mol. The highest BCUT2D eigenvalue weighted by atomic mass is 15.0. The lowest BCUT2D eigenvalue weighted by Gasteiger charge is -2.29. The van der Waals surface area contributed by atoms with Crippen LogP contribution in [0.5, 0.6) is 0 Å². The average molecular weight is 789 g/mol. The number of benzene rings is 5. The van der Waals surface area contributed by atoms with E-state index in [9.17, 15) is 0 Å². The predicted octanol–water partition coefficient (Wildman–Crippen LogP) is 12.3. The summed E-state index contributed by atoms with van der Waals surface area (Å²) in [7, 11) is 0. The Bertz CT molecular complexity index is 2970. The highest BCUT2D eigenvalue weighted by Crippen LogP contribution is 2.40. The van der Waals surface area contributed by atoms with Crippen molar-refractivity contribution in [2.24, 2.45) is 4.99 Å². The summed E-state index contributed by atoms with van der Waals surface area (Å²) in [6, 6.07) is 47.5. The lowest BCUT2D eigenvalue weighted by Crippen LogP contribution is -2.25. The van der Waals surface area contributed by atoms with Crippen LogP contribution >= 0.6 is 0 Å². The van der Waals surface area contributed by atoms with Gasteiger partial charge in [-0.05, 0) is 147 Å². The molecule has 1 atom stereocenters. The Labute approximate surface area is 357 Å². The number of nitrogens with zero attached hydrogens (tertiary/aromatic N) is 5. The van der Waals surface area contributed by atoms with Crippen LogP contribution in [0.4, 0.5) is 0 Å². The minimum atomic E-state index is -0.506. The Morgan fingerprint density at radius 1 is 0.541 bits per heavy atom. The zero-order chi connectivity index (χ0) is 41.0. The normalized spacial score (nSPS) is 17.0. The molecule has 0 bridgehead atoms. The predicted molar refractivity (Wildman–Crippen MR) is 251 cm³/mol. The minimum absolute atomic E-state index is 0.506. The summed E-state index contributed by atoms with van der Waals surface area (Å²) in [6.07, 6.45) is 22.4. The van der Waals surface area contributed by atoms with E-state index in [0.29, 0.717) is 11.6 Å². The standard InChI is InChI=1S/C55H44N6/c1-55(25-7-18-51(37-55)48-15-4-10-43(34-48)40-23-30-58-31-24-40)54-60-52(49-16-5-13-46(35-49)44-11-2-8-41(32-44)38-19-26-56-27-20-38)59-53(61-54)50-17-6-14-47(36-50)45-12-3-9-42(33-45)39-21-28-57-29-22-39/h2-21,23-26,28,30-36,56H,22,27,29,37H2,1H3. The molecule has 61 heavy (non-hydrogen) atoms. The number of hydrogen-bond acceptors (Lipinski definition) is 6. The maximum absolute atomic E-state index is 5.34. The van der Waals surface area contributed by atoms with Crippen molar-refractivity contribution >= 4 is 22.9 Å². The number of hydrogen-bond donors (Lipinski definition) is 1. The molecule has 0 amide bonds. The van der Waals surface area contributed by atoms with Crippen molar-refractivity contribution in [1.29, 1.82) is 0 Å². The van der Waals surface area contributed by atoms with E-state index in [2.05, 4.69) is 192 Å². The maximum Gasteiger partial charge on any atom is 0.163 e. The Morgan fingerprint density at radius 3 is 1.67 bits per heavy atom. The molecule has 0 saturated carbocycles. The first-order chi connectivity index (χ1) is 30.0. The van der Waals surface area contributed by atoms with Crippen molar-refractivity contribution in [2.75, 3.05) is 13.1 Å². The van der Waals surface area contributed by atoms with Crippen LogP contribution in [0.1, 0.15) is 42.3 Å². The third kappa shape index (κ3) is 8.08. The summed E-state index contributed by atoms with van der Waals surface area (Å²) in [5.74, 6) is 2.02. The molecule has 5 aromatic carbocycles. The fourth-order valence-corrected chi connectivity index (χ4v) is 8.42. The van der Waals surface area contributed by atoms with Gasteiger partial charge in [0, 0.05) is 48.2 Å². The van der Waals surface area contributed by atoms with E-state index in [1.54, 1.807) is 0 Å². The maximum atomic E-state index is 5.34. The van der Waals surface area contributed by atoms with Crippen LogP contribution in [-0.2, 0) is 5.41 Å². The molecule has 1 N–H and O–H groups in total. The van der Waals surface area contributed by atoms with Gasteiger partial charge in [0.1, 0.15) is 5.82 Å². The fraction of sp³-hybridized carbons (Fsp3) is 0.109. The highest BCUT2D eigenvalue weighted by molar-refractivity contribution is 5.87. The molecule has 1 aliphatic carbocycles. The van der Waals surface area contributed by atoms with E-state index in [-0.39, 0.29) is 0 Å². The van der Waals surface area contributed by atoms with Gasteiger partial charge >= 0.3 is 0 Å². The average Bonchev–Trinajstić information content (AvgIpc) is 3.35. The second kappa shape index (κ2) is 16.6. The van der Waals surface area contributed by atoms with Gasteiger partial charge in [0.25, 0.3) is 0 Å². The molecule has 1 unspecified atom stereocenters. The lowest BCUT2D eigenvalue weighted by atomic mass is 9.77. The molecular formula is C55H44N6. The zero-order valence-electron chi connectivity index (χ0n) is 34.0. The van der Waals surface area contributed by atoms with Gasteiger partial charge < -0.3 is 5.32 Å².